The van der Waals surface area contributed by atoms with E-state index in [1.807, 2.05) is 0 Å². The summed E-state index contributed by atoms with van der Waals surface area (Å²) in [6.07, 6.45) is 0. The quantitative estimate of drug-likeness (QED) is 0.701. The van der Waals surface area contributed by atoms with E-state index < -0.39 is 16.0 Å². The topological polar surface area (TPSA) is 114 Å². The number of H-pyrrole nitrogens is 1. The minimum atomic E-state index is -3.77. The number of carbonyl (C=O) groups excluding carboxylic acids is 1. The number of rotatable bonds is 4. The molecule has 3 aromatic rings. The zero-order chi connectivity index (χ0) is 16.4. The van der Waals surface area contributed by atoms with Crippen molar-refractivity contribution in [2.45, 2.75) is 4.90 Å². The van der Waals surface area contributed by atoms with Crippen LogP contribution in [-0.2, 0) is 14.8 Å². The third kappa shape index (κ3) is 2.99. The summed E-state index contributed by atoms with van der Waals surface area (Å²) in [5.74, 6) is -0.529. The molecular formula is C14H12N4O4S. The van der Waals surface area contributed by atoms with Gasteiger partial charge in [0, 0.05) is 0 Å². The Morgan fingerprint density at radius 3 is 2.48 bits per heavy atom. The molecular weight excluding hydrogens is 320 g/mol. The van der Waals surface area contributed by atoms with Gasteiger partial charge < -0.3 is 4.74 Å². The van der Waals surface area contributed by atoms with Gasteiger partial charge in [-0.1, -0.05) is 0 Å². The lowest BCUT2D eigenvalue weighted by Gasteiger charge is -2.08. The average molecular weight is 332 g/mol. The van der Waals surface area contributed by atoms with Gasteiger partial charge in [-0.25, -0.2) is 13.2 Å². The third-order valence-electron chi connectivity index (χ3n) is 3.15. The SMILES string of the molecule is COC(=O)c1ccc(S(=O)(=O)Nc2ccc3n[nH]nc3c2)cc1. The molecule has 8 nitrogen and oxygen atoms in total. The summed E-state index contributed by atoms with van der Waals surface area (Å²) < 4.78 is 31.7. The second kappa shape index (κ2) is 5.69. The van der Waals surface area contributed by atoms with Crippen molar-refractivity contribution in [2.75, 3.05) is 11.8 Å². The van der Waals surface area contributed by atoms with E-state index >= 15 is 0 Å². The predicted molar refractivity (Wildman–Crippen MR) is 82.5 cm³/mol. The maximum Gasteiger partial charge on any atom is 0.337 e. The van der Waals surface area contributed by atoms with Gasteiger partial charge in [0.05, 0.1) is 23.3 Å². The average Bonchev–Trinajstić information content (AvgIpc) is 3.01. The van der Waals surface area contributed by atoms with Crippen LogP contribution in [0, 0.1) is 0 Å². The first-order valence-corrected chi connectivity index (χ1v) is 8.00. The number of esters is 1. The molecule has 0 atom stereocenters. The summed E-state index contributed by atoms with van der Waals surface area (Å²) >= 11 is 0. The van der Waals surface area contributed by atoms with Gasteiger partial charge in [0.2, 0.25) is 0 Å². The fourth-order valence-electron chi connectivity index (χ4n) is 2.01. The molecule has 3 rings (SSSR count). The monoisotopic (exact) mass is 332 g/mol. The molecule has 0 aliphatic rings. The lowest BCUT2D eigenvalue weighted by atomic mass is 10.2. The van der Waals surface area contributed by atoms with Gasteiger partial charge in [-0.15, -0.1) is 0 Å². The molecule has 9 heteroatoms. The van der Waals surface area contributed by atoms with E-state index in [9.17, 15) is 13.2 Å². The van der Waals surface area contributed by atoms with E-state index in [2.05, 4.69) is 24.9 Å². The number of aromatic amines is 1. The van der Waals surface area contributed by atoms with Gasteiger partial charge in [-0.05, 0) is 42.5 Å². The van der Waals surface area contributed by atoms with Crippen molar-refractivity contribution in [3.05, 3.63) is 48.0 Å². The van der Waals surface area contributed by atoms with Crippen LogP contribution < -0.4 is 4.72 Å². The Morgan fingerprint density at radius 1 is 1.09 bits per heavy atom. The van der Waals surface area contributed by atoms with Crippen LogP contribution in [0.15, 0.2) is 47.4 Å². The van der Waals surface area contributed by atoms with Crippen molar-refractivity contribution in [3.63, 3.8) is 0 Å². The van der Waals surface area contributed by atoms with Crippen LogP contribution in [-0.4, -0.2) is 36.9 Å². The summed E-state index contributed by atoms with van der Waals surface area (Å²) in [7, 11) is -2.52. The fraction of sp³-hybridized carbons (Fsp3) is 0.0714. The Kier molecular flexibility index (Phi) is 3.70. The predicted octanol–water partition coefficient (Wildman–Crippen LogP) is 1.55. The van der Waals surface area contributed by atoms with E-state index in [-0.39, 0.29) is 10.5 Å². The largest absolute Gasteiger partial charge is 0.465 e. The molecule has 0 aliphatic carbocycles. The Hall–Kier alpha value is -2.94. The van der Waals surface area contributed by atoms with Gasteiger partial charge in [0.1, 0.15) is 11.0 Å². The minimum absolute atomic E-state index is 0.0328. The molecule has 0 bridgehead atoms. The number of fused-ring (bicyclic) bond motifs is 1. The molecule has 1 aromatic heterocycles. The van der Waals surface area contributed by atoms with Gasteiger partial charge in [-0.3, -0.25) is 4.72 Å². The van der Waals surface area contributed by atoms with E-state index in [1.165, 1.54) is 31.4 Å². The van der Waals surface area contributed by atoms with Crippen LogP contribution in [0.4, 0.5) is 5.69 Å². The normalized spacial score (nSPS) is 11.3. The Bertz CT molecular complexity index is 964. The number of ether oxygens (including phenoxy) is 1. The van der Waals surface area contributed by atoms with Crippen molar-refractivity contribution < 1.29 is 17.9 Å². The zero-order valence-corrected chi connectivity index (χ0v) is 12.8. The van der Waals surface area contributed by atoms with Crippen molar-refractivity contribution in [1.82, 2.24) is 15.4 Å². The van der Waals surface area contributed by atoms with Crippen LogP contribution in [0.2, 0.25) is 0 Å². The van der Waals surface area contributed by atoms with E-state index in [0.29, 0.717) is 16.7 Å². The molecule has 0 fully saturated rings. The first-order chi connectivity index (χ1) is 11.0. The molecule has 2 aromatic carbocycles. The van der Waals surface area contributed by atoms with Gasteiger partial charge >= 0.3 is 5.97 Å². The standard InChI is InChI=1S/C14H12N4O4S/c1-22-14(19)9-2-5-11(6-3-9)23(20,21)17-10-4-7-12-13(8-10)16-18-15-12/h2-8,17H,1H3,(H,15,16,18). The van der Waals surface area contributed by atoms with E-state index in [0.717, 1.165) is 0 Å². The van der Waals surface area contributed by atoms with Crippen LogP contribution in [0.25, 0.3) is 11.0 Å². The Labute approximate surface area is 131 Å². The minimum Gasteiger partial charge on any atom is -0.465 e. The maximum atomic E-state index is 12.4. The third-order valence-corrected chi connectivity index (χ3v) is 4.55. The summed E-state index contributed by atoms with van der Waals surface area (Å²) in [6, 6.07) is 10.3. The molecule has 0 saturated heterocycles. The highest BCUT2D eigenvalue weighted by molar-refractivity contribution is 7.92. The highest BCUT2D eigenvalue weighted by Crippen LogP contribution is 2.19. The molecule has 0 unspecified atom stereocenters. The van der Waals surface area contributed by atoms with Crippen LogP contribution in [0.3, 0.4) is 0 Å². The number of hydrogen-bond donors (Lipinski definition) is 2. The molecule has 0 radical (unpaired) electrons. The van der Waals surface area contributed by atoms with Crippen LogP contribution >= 0.6 is 0 Å². The molecule has 2 N–H and O–H groups in total. The van der Waals surface area contributed by atoms with Crippen LogP contribution in [0.1, 0.15) is 10.4 Å². The number of anilines is 1. The Balaban J connectivity index is 1.87. The molecule has 118 valence electrons. The first-order valence-electron chi connectivity index (χ1n) is 6.51. The summed E-state index contributed by atoms with van der Waals surface area (Å²) in [5.41, 5.74) is 1.82. The number of nitrogens with zero attached hydrogens (tertiary/aromatic N) is 2. The number of carbonyl (C=O) groups is 1. The highest BCUT2D eigenvalue weighted by Gasteiger charge is 2.16. The number of aromatic nitrogens is 3. The molecule has 0 aliphatic heterocycles. The van der Waals surface area contributed by atoms with E-state index in [1.54, 1.807) is 18.2 Å². The number of nitrogens with one attached hydrogen (secondary N) is 2. The van der Waals surface area contributed by atoms with Gasteiger partial charge in [0.15, 0.2) is 0 Å². The van der Waals surface area contributed by atoms with Crippen molar-refractivity contribution >= 4 is 32.7 Å². The van der Waals surface area contributed by atoms with Crippen molar-refractivity contribution in [1.29, 1.82) is 0 Å². The van der Waals surface area contributed by atoms with Crippen molar-refractivity contribution in [3.8, 4) is 0 Å². The van der Waals surface area contributed by atoms with Crippen LogP contribution in [0.5, 0.6) is 0 Å². The summed E-state index contributed by atoms with van der Waals surface area (Å²) in [4.78, 5) is 11.4. The highest BCUT2D eigenvalue weighted by atomic mass is 32.2. The second-order valence-corrected chi connectivity index (χ2v) is 6.33. The first kappa shape index (κ1) is 15.0. The van der Waals surface area contributed by atoms with Gasteiger partial charge in [-0.2, -0.15) is 15.4 Å². The smallest absolute Gasteiger partial charge is 0.337 e. The molecule has 23 heavy (non-hydrogen) atoms. The number of benzene rings is 2. The van der Waals surface area contributed by atoms with E-state index in [4.69, 9.17) is 0 Å². The molecule has 0 saturated carbocycles. The lowest BCUT2D eigenvalue weighted by molar-refractivity contribution is 0.0600. The van der Waals surface area contributed by atoms with Crippen molar-refractivity contribution in [2.24, 2.45) is 0 Å². The number of sulfonamides is 1. The summed E-state index contributed by atoms with van der Waals surface area (Å²) in [6.45, 7) is 0. The zero-order valence-electron chi connectivity index (χ0n) is 12.0. The molecule has 1 heterocycles. The lowest BCUT2D eigenvalue weighted by Crippen LogP contribution is -2.13. The number of methoxy groups -OCH3 is 1. The fourth-order valence-corrected chi connectivity index (χ4v) is 3.06. The number of hydrogen-bond acceptors (Lipinski definition) is 6. The Morgan fingerprint density at radius 2 is 1.78 bits per heavy atom. The molecule has 0 amide bonds. The van der Waals surface area contributed by atoms with Gasteiger partial charge in [0.25, 0.3) is 10.0 Å². The summed E-state index contributed by atoms with van der Waals surface area (Å²) in [5, 5.41) is 10.3. The molecule has 0 spiro atoms. The second-order valence-electron chi connectivity index (χ2n) is 4.65. The maximum absolute atomic E-state index is 12.4.